The van der Waals surface area contributed by atoms with Gasteiger partial charge in [0.25, 0.3) is 0 Å². The second kappa shape index (κ2) is 8.31. The first kappa shape index (κ1) is 18.9. The van der Waals surface area contributed by atoms with Crippen LogP contribution in [0.25, 0.3) is 5.69 Å². The van der Waals surface area contributed by atoms with Crippen LogP contribution in [0.1, 0.15) is 46.8 Å². The minimum absolute atomic E-state index is 0.00184. The van der Waals surface area contributed by atoms with Gasteiger partial charge in [-0.2, -0.15) is 5.10 Å². The van der Waals surface area contributed by atoms with E-state index in [0.717, 1.165) is 24.1 Å². The van der Waals surface area contributed by atoms with E-state index in [1.54, 1.807) is 6.20 Å². The molecule has 1 aliphatic rings. The Labute approximate surface area is 169 Å². The highest BCUT2D eigenvalue weighted by Crippen LogP contribution is 2.43. The van der Waals surface area contributed by atoms with Gasteiger partial charge in [-0.25, -0.2) is 9.48 Å². The lowest BCUT2D eigenvalue weighted by molar-refractivity contribution is -0.122. The van der Waals surface area contributed by atoms with Crippen LogP contribution in [0.3, 0.4) is 0 Å². The average Bonchev–Trinajstić information content (AvgIpc) is 3.20. The zero-order chi connectivity index (χ0) is 20.2. The van der Waals surface area contributed by atoms with Crippen LogP contribution in [0, 0.1) is 5.92 Å². The highest BCUT2D eigenvalue weighted by Gasteiger charge is 2.31. The Morgan fingerprint density at radius 3 is 2.59 bits per heavy atom. The Bertz CT molecular complexity index is 1010. The zero-order valence-corrected chi connectivity index (χ0v) is 16.0. The van der Waals surface area contributed by atoms with Gasteiger partial charge in [0.2, 0.25) is 5.91 Å². The molecule has 29 heavy (non-hydrogen) atoms. The fourth-order valence-corrected chi connectivity index (χ4v) is 3.83. The van der Waals surface area contributed by atoms with Crippen molar-refractivity contribution in [2.45, 2.75) is 31.7 Å². The molecule has 2 N–H and O–H groups in total. The molecule has 0 unspecified atom stereocenters. The molecule has 148 valence electrons. The van der Waals surface area contributed by atoms with Crippen molar-refractivity contribution in [1.82, 2.24) is 15.1 Å². The normalized spacial score (nSPS) is 18.1. The molecule has 1 saturated carbocycles. The first-order chi connectivity index (χ1) is 14.1. The number of hydrogen-bond acceptors (Lipinski definition) is 3. The van der Waals surface area contributed by atoms with Crippen molar-refractivity contribution in [2.75, 3.05) is 0 Å². The molecule has 3 aromatic rings. The molecule has 0 spiro atoms. The van der Waals surface area contributed by atoms with E-state index >= 15 is 0 Å². The summed E-state index contributed by atoms with van der Waals surface area (Å²) >= 11 is 0. The Hall–Kier alpha value is -3.41. The minimum Gasteiger partial charge on any atom is -0.476 e. The van der Waals surface area contributed by atoms with Gasteiger partial charge in [-0.3, -0.25) is 4.79 Å². The van der Waals surface area contributed by atoms with E-state index in [4.69, 9.17) is 5.11 Å². The summed E-state index contributed by atoms with van der Waals surface area (Å²) in [5, 5.41) is 16.0. The van der Waals surface area contributed by atoms with Crippen molar-refractivity contribution >= 4 is 11.9 Å². The molecule has 0 bridgehead atoms. The third-order valence-electron chi connectivity index (χ3n) is 5.45. The summed E-state index contributed by atoms with van der Waals surface area (Å²) in [7, 11) is 0. The number of carbonyl (C=O) groups is 2. The van der Waals surface area contributed by atoms with Gasteiger partial charge in [0.1, 0.15) is 0 Å². The third-order valence-corrected chi connectivity index (χ3v) is 5.45. The molecule has 1 fully saturated rings. The lowest BCUT2D eigenvalue weighted by Crippen LogP contribution is -2.30. The lowest BCUT2D eigenvalue weighted by atomic mass is 9.70. The lowest BCUT2D eigenvalue weighted by Gasteiger charge is -2.35. The van der Waals surface area contributed by atoms with Crippen LogP contribution >= 0.6 is 0 Å². The van der Waals surface area contributed by atoms with E-state index in [2.05, 4.69) is 34.7 Å². The van der Waals surface area contributed by atoms with E-state index < -0.39 is 5.97 Å². The van der Waals surface area contributed by atoms with E-state index in [9.17, 15) is 9.59 Å². The Kier molecular flexibility index (Phi) is 5.42. The third kappa shape index (κ3) is 4.54. The first-order valence-electron chi connectivity index (χ1n) is 9.78. The molecule has 0 aliphatic heterocycles. The molecule has 6 nitrogen and oxygen atoms in total. The van der Waals surface area contributed by atoms with Gasteiger partial charge in [0.15, 0.2) is 5.69 Å². The predicted octanol–water partition coefficient (Wildman–Crippen LogP) is 3.77. The zero-order valence-electron chi connectivity index (χ0n) is 16.0. The van der Waals surface area contributed by atoms with Crippen molar-refractivity contribution in [3.63, 3.8) is 0 Å². The summed E-state index contributed by atoms with van der Waals surface area (Å²) < 4.78 is 1.52. The van der Waals surface area contributed by atoms with Crippen molar-refractivity contribution in [1.29, 1.82) is 0 Å². The number of carboxylic acid groups (broad SMARTS) is 1. The molecule has 6 heteroatoms. The number of carbonyl (C=O) groups excluding carboxylic acids is 1. The van der Waals surface area contributed by atoms with Gasteiger partial charge in [-0.1, -0.05) is 42.5 Å². The van der Waals surface area contributed by atoms with Gasteiger partial charge >= 0.3 is 5.97 Å². The van der Waals surface area contributed by atoms with Crippen LogP contribution in [0.5, 0.6) is 0 Å². The number of hydrogen-bond donors (Lipinski definition) is 2. The van der Waals surface area contributed by atoms with Crippen LogP contribution in [-0.4, -0.2) is 26.8 Å². The molecule has 4 rings (SSSR count). The van der Waals surface area contributed by atoms with E-state index in [0.29, 0.717) is 24.8 Å². The molecule has 2 aromatic carbocycles. The number of nitrogens with one attached hydrogen (secondary N) is 1. The summed E-state index contributed by atoms with van der Waals surface area (Å²) in [6, 6.07) is 19.5. The molecule has 0 saturated heterocycles. The topological polar surface area (TPSA) is 84.2 Å². The number of nitrogens with zero attached hydrogens (tertiary/aromatic N) is 2. The summed E-state index contributed by atoms with van der Waals surface area (Å²) in [6.07, 6.45) is 4.31. The maximum absolute atomic E-state index is 12.3. The van der Waals surface area contributed by atoms with Crippen LogP contribution in [-0.2, 0) is 11.3 Å². The summed E-state index contributed by atoms with van der Waals surface area (Å²) in [5.41, 5.74) is 3.07. The maximum atomic E-state index is 12.3. The number of aromatic nitrogens is 2. The Morgan fingerprint density at radius 1 is 1.07 bits per heavy atom. The summed E-state index contributed by atoms with van der Waals surface area (Å²) in [6.45, 7) is 0.439. The van der Waals surface area contributed by atoms with Crippen molar-refractivity contribution in [3.8, 4) is 5.69 Å². The number of rotatable bonds is 7. The molecular formula is C23H23N3O3. The van der Waals surface area contributed by atoms with Gasteiger partial charge < -0.3 is 10.4 Å². The summed E-state index contributed by atoms with van der Waals surface area (Å²) in [4.78, 5) is 23.3. The van der Waals surface area contributed by atoms with E-state index in [1.165, 1.54) is 16.3 Å². The molecule has 0 atom stereocenters. The largest absolute Gasteiger partial charge is 0.476 e. The SMILES string of the molecule is O=C(CC1CC(c2ccccc2)C1)NCc1cccc(-n2ccc(C(=O)O)n2)c1. The number of amides is 1. The maximum Gasteiger partial charge on any atom is 0.356 e. The van der Waals surface area contributed by atoms with E-state index in [-0.39, 0.29) is 11.6 Å². The quantitative estimate of drug-likeness (QED) is 0.644. The molecular weight excluding hydrogens is 366 g/mol. The number of benzene rings is 2. The first-order valence-corrected chi connectivity index (χ1v) is 9.78. The van der Waals surface area contributed by atoms with Crippen LogP contribution < -0.4 is 5.32 Å². The van der Waals surface area contributed by atoms with Crippen molar-refractivity contribution in [3.05, 3.63) is 83.7 Å². The van der Waals surface area contributed by atoms with Crippen LogP contribution in [0.4, 0.5) is 0 Å². The van der Waals surface area contributed by atoms with Gasteiger partial charge in [-0.05, 0) is 54.0 Å². The fourth-order valence-electron chi connectivity index (χ4n) is 3.83. The fraction of sp³-hybridized carbons (Fsp3) is 0.261. The Morgan fingerprint density at radius 2 is 1.86 bits per heavy atom. The second-order valence-corrected chi connectivity index (χ2v) is 7.55. The van der Waals surface area contributed by atoms with Crippen LogP contribution in [0.2, 0.25) is 0 Å². The highest BCUT2D eigenvalue weighted by atomic mass is 16.4. The van der Waals surface area contributed by atoms with Crippen molar-refractivity contribution in [2.24, 2.45) is 5.92 Å². The van der Waals surface area contributed by atoms with Crippen LogP contribution in [0.15, 0.2) is 66.9 Å². The molecule has 1 aromatic heterocycles. The highest BCUT2D eigenvalue weighted by molar-refractivity contribution is 5.85. The van der Waals surface area contributed by atoms with Gasteiger partial charge in [0, 0.05) is 19.2 Å². The average molecular weight is 389 g/mol. The van der Waals surface area contributed by atoms with E-state index in [1.807, 2.05) is 30.3 Å². The van der Waals surface area contributed by atoms with Crippen molar-refractivity contribution < 1.29 is 14.7 Å². The number of carboxylic acids is 1. The molecule has 0 radical (unpaired) electrons. The minimum atomic E-state index is -1.06. The summed E-state index contributed by atoms with van der Waals surface area (Å²) in [5.74, 6) is 0.0392. The molecule has 1 aliphatic carbocycles. The van der Waals surface area contributed by atoms with Gasteiger partial charge in [-0.15, -0.1) is 0 Å². The number of aromatic carboxylic acids is 1. The van der Waals surface area contributed by atoms with Gasteiger partial charge in [0.05, 0.1) is 5.69 Å². The smallest absolute Gasteiger partial charge is 0.356 e. The molecule has 1 heterocycles. The standard InChI is InChI=1S/C23H23N3O3/c27-22(14-17-11-19(12-17)18-6-2-1-3-7-18)24-15-16-5-4-8-20(13-16)26-10-9-21(25-26)23(28)29/h1-10,13,17,19H,11-12,14-15H2,(H,24,27)(H,28,29). The Balaban J connectivity index is 1.27. The monoisotopic (exact) mass is 389 g/mol. The predicted molar refractivity (Wildman–Crippen MR) is 109 cm³/mol. The second-order valence-electron chi connectivity index (χ2n) is 7.55. The molecule has 1 amide bonds.